The summed E-state index contributed by atoms with van der Waals surface area (Å²) in [5.41, 5.74) is 0.527. The zero-order valence-corrected chi connectivity index (χ0v) is 19.2. The number of pyridine rings is 1. The molecule has 0 saturated heterocycles. The maximum atomic E-state index is 13.6. The Labute approximate surface area is 179 Å². The Morgan fingerprint density at radius 3 is 2.00 bits per heavy atom. The Hall–Kier alpha value is -2.06. The third kappa shape index (κ3) is 7.02. The quantitative estimate of drug-likeness (QED) is 0.290. The van der Waals surface area contributed by atoms with E-state index in [-0.39, 0.29) is 19.8 Å². The molecule has 0 N–H and O–H groups in total. The van der Waals surface area contributed by atoms with E-state index in [4.69, 9.17) is 14.2 Å². The molecule has 7 nitrogen and oxygen atoms in total. The molecule has 1 rings (SSSR count). The van der Waals surface area contributed by atoms with E-state index in [0.29, 0.717) is 22.6 Å². The minimum Gasteiger partial charge on any atom is -0.465 e. The average Bonchev–Trinajstić information content (AvgIpc) is 2.63. The van der Waals surface area contributed by atoms with Gasteiger partial charge < -0.3 is 18.7 Å². The van der Waals surface area contributed by atoms with E-state index in [1.165, 1.54) is 6.07 Å². The molecule has 1 aromatic heterocycles. The van der Waals surface area contributed by atoms with Crippen LogP contribution in [-0.4, -0.2) is 68.0 Å². The van der Waals surface area contributed by atoms with Crippen molar-refractivity contribution in [3.63, 3.8) is 0 Å². The van der Waals surface area contributed by atoms with Crippen LogP contribution >= 0.6 is 0 Å². The van der Waals surface area contributed by atoms with Gasteiger partial charge in [-0.05, 0) is 32.9 Å². The lowest BCUT2D eigenvalue weighted by Gasteiger charge is -2.43. The van der Waals surface area contributed by atoms with E-state index < -0.39 is 35.8 Å². The molecule has 30 heavy (non-hydrogen) atoms. The smallest absolute Gasteiger partial charge is 0.323 e. The predicted octanol–water partition coefficient (Wildman–Crippen LogP) is 3.14. The van der Waals surface area contributed by atoms with E-state index in [0.717, 1.165) is 6.20 Å². The Kier molecular flexibility index (Phi) is 10.4. The van der Waals surface area contributed by atoms with Gasteiger partial charge in [-0.2, -0.15) is 0 Å². The number of esters is 2. The van der Waals surface area contributed by atoms with Crippen molar-refractivity contribution >= 4 is 11.9 Å². The van der Waals surface area contributed by atoms with Crippen molar-refractivity contribution in [3.05, 3.63) is 29.8 Å². The fraction of sp³-hybridized carbons (Fsp3) is 0.682. The van der Waals surface area contributed by atoms with Gasteiger partial charge in [0.2, 0.25) is 0 Å². The van der Waals surface area contributed by atoms with Crippen molar-refractivity contribution in [2.75, 3.05) is 40.5 Å². The van der Waals surface area contributed by atoms with Crippen LogP contribution in [0.3, 0.4) is 0 Å². The molecule has 2 atom stereocenters. The van der Waals surface area contributed by atoms with Crippen LogP contribution in [0.2, 0.25) is 0 Å². The van der Waals surface area contributed by atoms with Gasteiger partial charge in [0.1, 0.15) is 17.6 Å². The largest absolute Gasteiger partial charge is 0.465 e. The monoisotopic (exact) mass is 427 g/mol. The van der Waals surface area contributed by atoms with Crippen LogP contribution in [0.15, 0.2) is 18.3 Å². The first-order valence-electron chi connectivity index (χ1n) is 10.5. The molecule has 2 unspecified atom stereocenters. The van der Waals surface area contributed by atoms with Gasteiger partial charge in [0, 0.05) is 12.5 Å². The van der Waals surface area contributed by atoms with E-state index in [1.807, 2.05) is 14.1 Å². The normalized spacial score (nSPS) is 13.9. The molecule has 0 bridgehead atoms. The van der Waals surface area contributed by atoms with Crippen molar-refractivity contribution < 1.29 is 32.7 Å². The second kappa shape index (κ2) is 12.0. The van der Waals surface area contributed by atoms with Crippen LogP contribution in [0.25, 0.3) is 0 Å². The molecular formula is C22H36FN2O5+. The van der Waals surface area contributed by atoms with Crippen LogP contribution in [0.1, 0.15) is 46.4 Å². The van der Waals surface area contributed by atoms with Crippen molar-refractivity contribution in [2.45, 2.75) is 46.8 Å². The second-order valence-electron chi connectivity index (χ2n) is 8.10. The number of likely N-dealkylation sites (N-methyl/N-ethyl adjacent to an activating group) is 1. The average molecular weight is 428 g/mol. The minimum atomic E-state index is -1.29. The van der Waals surface area contributed by atoms with Crippen LogP contribution in [-0.2, 0) is 23.8 Å². The summed E-state index contributed by atoms with van der Waals surface area (Å²) in [6, 6.07) is 2.35. The van der Waals surface area contributed by atoms with E-state index in [2.05, 4.69) is 18.8 Å². The van der Waals surface area contributed by atoms with Gasteiger partial charge in [0.25, 0.3) is 0 Å². The van der Waals surface area contributed by atoms with Crippen molar-refractivity contribution in [1.29, 1.82) is 0 Å². The zero-order valence-electron chi connectivity index (χ0n) is 19.2. The highest BCUT2D eigenvalue weighted by molar-refractivity contribution is 5.95. The number of carbonyl (C=O) groups is 2. The maximum absolute atomic E-state index is 13.6. The molecule has 170 valence electrons. The van der Waals surface area contributed by atoms with Crippen molar-refractivity contribution in [1.82, 2.24) is 4.98 Å². The summed E-state index contributed by atoms with van der Waals surface area (Å²) < 4.78 is 30.3. The number of rotatable bonds is 12. The van der Waals surface area contributed by atoms with Gasteiger partial charge in [-0.15, -0.1) is 0 Å². The first kappa shape index (κ1) is 26.0. The molecule has 0 aliphatic heterocycles. The van der Waals surface area contributed by atoms with E-state index in [9.17, 15) is 14.0 Å². The number of hydrogen-bond acceptors (Lipinski definition) is 6. The molecule has 0 aliphatic rings. The topological polar surface area (TPSA) is 74.7 Å². The molecule has 0 amide bonds. The fourth-order valence-corrected chi connectivity index (χ4v) is 3.93. The SMILES string of the molecule is CCOC(=O)C(C(=O)OCC)C(OCC)C(c1ccc(F)cn1)[N+](C)(C)CC(C)C. The molecule has 0 aromatic carbocycles. The highest BCUT2D eigenvalue weighted by Crippen LogP contribution is 2.35. The Bertz CT molecular complexity index is 661. The number of quaternary nitrogens is 1. The molecule has 0 radical (unpaired) electrons. The number of nitrogens with zero attached hydrogens (tertiary/aromatic N) is 2. The minimum absolute atomic E-state index is 0.122. The molecule has 0 aliphatic carbocycles. The van der Waals surface area contributed by atoms with Gasteiger partial charge >= 0.3 is 11.9 Å². The molecule has 8 heteroatoms. The predicted molar refractivity (Wildman–Crippen MR) is 111 cm³/mol. The third-order valence-corrected chi connectivity index (χ3v) is 4.72. The highest BCUT2D eigenvalue weighted by atomic mass is 19.1. The molecule has 0 fully saturated rings. The number of hydrogen-bond donors (Lipinski definition) is 0. The first-order valence-corrected chi connectivity index (χ1v) is 10.5. The Morgan fingerprint density at radius 2 is 1.60 bits per heavy atom. The van der Waals surface area contributed by atoms with Gasteiger partial charge in [0.05, 0.1) is 40.1 Å². The van der Waals surface area contributed by atoms with Crippen LogP contribution in [0, 0.1) is 17.7 Å². The number of halogens is 1. The molecule has 1 heterocycles. The first-order chi connectivity index (χ1) is 14.1. The molecule has 1 aromatic rings. The number of ether oxygens (including phenoxy) is 3. The summed E-state index contributed by atoms with van der Waals surface area (Å²) in [6.07, 6.45) is 0.226. The highest BCUT2D eigenvalue weighted by Gasteiger charge is 2.50. The third-order valence-electron chi connectivity index (χ3n) is 4.72. The van der Waals surface area contributed by atoms with Gasteiger partial charge in [-0.1, -0.05) is 13.8 Å². The summed E-state index contributed by atoms with van der Waals surface area (Å²) in [5, 5.41) is 0. The van der Waals surface area contributed by atoms with Gasteiger partial charge in [-0.3, -0.25) is 14.6 Å². The summed E-state index contributed by atoms with van der Waals surface area (Å²) in [6.45, 7) is 10.5. The van der Waals surface area contributed by atoms with E-state index in [1.54, 1.807) is 26.8 Å². The fourth-order valence-electron chi connectivity index (χ4n) is 3.93. The maximum Gasteiger partial charge on any atom is 0.323 e. The summed E-state index contributed by atoms with van der Waals surface area (Å²) in [5.74, 6) is -2.84. The van der Waals surface area contributed by atoms with Gasteiger partial charge in [-0.25, -0.2) is 4.39 Å². The van der Waals surface area contributed by atoms with Crippen LogP contribution in [0.4, 0.5) is 4.39 Å². The standard InChI is InChI=1S/C22H36FN2O5/c1-8-28-20(18(21(26)29-9-2)22(27)30-10-3)19(25(6,7)14-15(4)5)17-12-11-16(23)13-24-17/h11-13,15,18-20H,8-10,14H2,1-7H3/q+1. The molecule has 0 saturated carbocycles. The van der Waals surface area contributed by atoms with Crippen molar-refractivity contribution in [2.24, 2.45) is 11.8 Å². The summed E-state index contributed by atoms with van der Waals surface area (Å²) in [4.78, 5) is 29.9. The van der Waals surface area contributed by atoms with Crippen molar-refractivity contribution in [3.8, 4) is 0 Å². The lowest BCUT2D eigenvalue weighted by atomic mass is 9.90. The molecule has 0 spiro atoms. The Morgan fingerprint density at radius 1 is 1.03 bits per heavy atom. The number of aromatic nitrogens is 1. The lowest BCUT2D eigenvalue weighted by molar-refractivity contribution is -0.928. The second-order valence-corrected chi connectivity index (χ2v) is 8.10. The van der Waals surface area contributed by atoms with E-state index >= 15 is 0 Å². The van der Waals surface area contributed by atoms with Crippen LogP contribution < -0.4 is 0 Å². The lowest BCUT2D eigenvalue weighted by Crippen LogP contribution is -2.55. The van der Waals surface area contributed by atoms with Crippen LogP contribution in [0.5, 0.6) is 0 Å². The molecular weight excluding hydrogens is 391 g/mol. The Balaban J connectivity index is 3.61. The van der Waals surface area contributed by atoms with Gasteiger partial charge in [0.15, 0.2) is 12.0 Å². The summed E-state index contributed by atoms with van der Waals surface area (Å²) in [7, 11) is 3.96. The number of carbonyl (C=O) groups excluding carboxylic acids is 2. The summed E-state index contributed by atoms with van der Waals surface area (Å²) >= 11 is 0. The zero-order chi connectivity index (χ0) is 22.9.